The number of nitro benzene ring substituents is 1. The molecule has 0 unspecified atom stereocenters. The molecule has 3 aromatic rings. The fourth-order valence-corrected chi connectivity index (χ4v) is 2.65. The van der Waals surface area contributed by atoms with Gasteiger partial charge in [-0.2, -0.15) is 0 Å². The molecule has 3 aromatic carbocycles. The molecule has 29 heavy (non-hydrogen) atoms. The van der Waals surface area contributed by atoms with E-state index in [0.717, 1.165) is 11.1 Å². The van der Waals surface area contributed by atoms with Gasteiger partial charge in [-0.1, -0.05) is 60.7 Å². The van der Waals surface area contributed by atoms with Crippen LogP contribution in [0.15, 0.2) is 78.9 Å². The van der Waals surface area contributed by atoms with E-state index < -0.39 is 16.7 Å². The van der Waals surface area contributed by atoms with Gasteiger partial charge >= 0.3 is 0 Å². The summed E-state index contributed by atoms with van der Waals surface area (Å²) < 4.78 is 5.58. The Bertz CT molecular complexity index is 1040. The molecule has 2 amide bonds. The van der Waals surface area contributed by atoms with E-state index in [-0.39, 0.29) is 17.9 Å². The van der Waals surface area contributed by atoms with Crippen LogP contribution in [-0.4, -0.2) is 23.3 Å². The molecular formula is C21H17N3O5. The molecule has 0 spiro atoms. The molecule has 0 aliphatic heterocycles. The molecule has 0 saturated heterocycles. The quantitative estimate of drug-likeness (QED) is 0.495. The summed E-state index contributed by atoms with van der Waals surface area (Å²) in [6.07, 6.45) is 0. The summed E-state index contributed by atoms with van der Waals surface area (Å²) in [5.41, 5.74) is 5.59. The van der Waals surface area contributed by atoms with E-state index in [9.17, 15) is 19.7 Å². The highest BCUT2D eigenvalue weighted by Gasteiger charge is 2.19. The van der Waals surface area contributed by atoms with E-state index >= 15 is 0 Å². The number of benzene rings is 3. The summed E-state index contributed by atoms with van der Waals surface area (Å²) in [4.78, 5) is 34.5. The third-order valence-corrected chi connectivity index (χ3v) is 3.99. The van der Waals surface area contributed by atoms with Crippen molar-refractivity contribution in [2.45, 2.75) is 0 Å². The zero-order valence-corrected chi connectivity index (χ0v) is 15.2. The Balaban J connectivity index is 1.59. The number of nitrogens with one attached hydrogen (secondary N) is 2. The lowest BCUT2D eigenvalue weighted by molar-refractivity contribution is -0.385. The Hall–Kier alpha value is -4.20. The fraction of sp³-hybridized carbons (Fsp3) is 0.0476. The van der Waals surface area contributed by atoms with Crippen LogP contribution in [0.4, 0.5) is 5.69 Å². The molecular weight excluding hydrogens is 374 g/mol. The lowest BCUT2D eigenvalue weighted by atomic mass is 10.1. The van der Waals surface area contributed by atoms with Gasteiger partial charge in [0.05, 0.1) is 4.92 Å². The maximum absolute atomic E-state index is 12.1. The van der Waals surface area contributed by atoms with Crippen molar-refractivity contribution in [3.63, 3.8) is 0 Å². The third-order valence-electron chi connectivity index (χ3n) is 3.99. The van der Waals surface area contributed by atoms with Crippen LogP contribution in [0.1, 0.15) is 10.4 Å². The number of nitrogens with zero attached hydrogens (tertiary/aromatic N) is 1. The summed E-state index contributed by atoms with van der Waals surface area (Å²) in [6, 6.07) is 22.3. The number of amides is 2. The molecule has 0 aliphatic carbocycles. The van der Waals surface area contributed by atoms with Gasteiger partial charge in [-0.3, -0.25) is 30.6 Å². The maximum Gasteiger partial charge on any atom is 0.282 e. The lowest BCUT2D eigenvalue weighted by Crippen LogP contribution is -2.44. The molecule has 3 rings (SSSR count). The lowest BCUT2D eigenvalue weighted by Gasteiger charge is -2.12. The van der Waals surface area contributed by atoms with Crippen molar-refractivity contribution in [1.82, 2.24) is 10.9 Å². The predicted molar refractivity (Wildman–Crippen MR) is 106 cm³/mol. The largest absolute Gasteiger partial charge is 0.483 e. The highest BCUT2D eigenvalue weighted by atomic mass is 16.6. The number of hydrogen-bond acceptors (Lipinski definition) is 5. The van der Waals surface area contributed by atoms with Crippen molar-refractivity contribution in [2.75, 3.05) is 6.61 Å². The first-order valence-electron chi connectivity index (χ1n) is 8.66. The second-order valence-corrected chi connectivity index (χ2v) is 5.93. The van der Waals surface area contributed by atoms with E-state index in [4.69, 9.17) is 4.74 Å². The minimum absolute atomic E-state index is 0.159. The molecule has 8 heteroatoms. The van der Waals surface area contributed by atoms with Crippen LogP contribution < -0.4 is 15.6 Å². The smallest absolute Gasteiger partial charge is 0.282 e. The molecule has 0 heterocycles. The molecule has 0 atom stereocenters. The van der Waals surface area contributed by atoms with Crippen LogP contribution in [0, 0.1) is 10.1 Å². The van der Waals surface area contributed by atoms with Crippen molar-refractivity contribution in [1.29, 1.82) is 0 Å². The summed E-state index contributed by atoms with van der Waals surface area (Å²) in [5, 5.41) is 11.0. The Morgan fingerprint density at radius 3 is 2.28 bits per heavy atom. The highest BCUT2D eigenvalue weighted by molar-refractivity contribution is 5.99. The van der Waals surface area contributed by atoms with Gasteiger partial charge in [-0.05, 0) is 17.7 Å². The highest BCUT2D eigenvalue weighted by Crippen LogP contribution is 2.29. The first kappa shape index (κ1) is 19.6. The van der Waals surface area contributed by atoms with Gasteiger partial charge in [0.25, 0.3) is 17.5 Å². The first-order chi connectivity index (χ1) is 14.1. The molecule has 0 fully saturated rings. The van der Waals surface area contributed by atoms with Crippen LogP contribution in [-0.2, 0) is 4.79 Å². The topological polar surface area (TPSA) is 111 Å². The zero-order chi connectivity index (χ0) is 20.6. The van der Waals surface area contributed by atoms with Gasteiger partial charge in [0, 0.05) is 11.6 Å². The van der Waals surface area contributed by atoms with Gasteiger partial charge in [0.2, 0.25) is 0 Å². The van der Waals surface area contributed by atoms with Crippen LogP contribution in [0.3, 0.4) is 0 Å². The van der Waals surface area contributed by atoms with Crippen LogP contribution in [0.2, 0.25) is 0 Å². The van der Waals surface area contributed by atoms with Crippen LogP contribution in [0.5, 0.6) is 5.75 Å². The van der Waals surface area contributed by atoms with E-state index in [0.29, 0.717) is 5.75 Å². The second kappa shape index (κ2) is 9.14. The summed E-state index contributed by atoms with van der Waals surface area (Å²) >= 11 is 0. The predicted octanol–water partition coefficient (Wildman–Crippen LogP) is 3.10. The van der Waals surface area contributed by atoms with Crippen molar-refractivity contribution < 1.29 is 19.2 Å². The summed E-state index contributed by atoms with van der Waals surface area (Å²) in [6.45, 7) is -0.346. The number of rotatable bonds is 6. The number of hydrazine groups is 1. The SMILES string of the molecule is O=C(COc1ccccc1-c1ccccc1)NNC(=O)c1ccccc1[N+](=O)[O-]. The maximum atomic E-state index is 12.1. The Labute approximate surface area is 166 Å². The standard InChI is InChI=1S/C21H17N3O5/c25-20(22-23-21(26)17-11-4-6-12-18(17)24(27)28)14-29-19-13-7-5-10-16(19)15-8-2-1-3-9-15/h1-13H,14H2,(H,22,25)(H,23,26). The van der Waals surface area contributed by atoms with Crippen molar-refractivity contribution in [2.24, 2.45) is 0 Å². The van der Waals surface area contributed by atoms with Crippen LogP contribution in [0.25, 0.3) is 11.1 Å². The van der Waals surface area contributed by atoms with Gasteiger partial charge < -0.3 is 4.74 Å². The number of nitro groups is 1. The van der Waals surface area contributed by atoms with Crippen molar-refractivity contribution in [3.8, 4) is 16.9 Å². The van der Waals surface area contributed by atoms with E-state index in [1.54, 1.807) is 12.1 Å². The van der Waals surface area contributed by atoms with Crippen LogP contribution >= 0.6 is 0 Å². The molecule has 146 valence electrons. The Morgan fingerprint density at radius 1 is 0.862 bits per heavy atom. The monoisotopic (exact) mass is 391 g/mol. The molecule has 0 aromatic heterocycles. The number of carbonyl (C=O) groups is 2. The van der Waals surface area contributed by atoms with E-state index in [1.807, 2.05) is 42.5 Å². The molecule has 0 aliphatic rings. The second-order valence-electron chi connectivity index (χ2n) is 5.93. The molecule has 0 saturated carbocycles. The molecule has 0 bridgehead atoms. The van der Waals surface area contributed by atoms with Gasteiger partial charge in [-0.15, -0.1) is 0 Å². The van der Waals surface area contributed by atoms with E-state index in [1.165, 1.54) is 24.3 Å². The Kier molecular flexibility index (Phi) is 6.16. The average molecular weight is 391 g/mol. The normalized spacial score (nSPS) is 10.1. The molecule has 8 nitrogen and oxygen atoms in total. The average Bonchev–Trinajstić information content (AvgIpc) is 2.76. The number of ether oxygens (including phenoxy) is 1. The minimum atomic E-state index is -0.796. The van der Waals surface area contributed by atoms with Gasteiger partial charge in [0.1, 0.15) is 11.3 Å². The number of carbonyl (C=O) groups excluding carboxylic acids is 2. The summed E-state index contributed by atoms with van der Waals surface area (Å²) in [7, 11) is 0. The summed E-state index contributed by atoms with van der Waals surface area (Å²) in [5.74, 6) is -0.894. The van der Waals surface area contributed by atoms with Crippen molar-refractivity contribution >= 4 is 17.5 Å². The van der Waals surface area contributed by atoms with E-state index in [2.05, 4.69) is 10.9 Å². The Morgan fingerprint density at radius 2 is 1.52 bits per heavy atom. The zero-order valence-electron chi connectivity index (χ0n) is 15.2. The molecule has 2 N–H and O–H groups in total. The molecule has 0 radical (unpaired) electrons. The third kappa shape index (κ3) is 4.95. The fourth-order valence-electron chi connectivity index (χ4n) is 2.65. The van der Waals surface area contributed by atoms with Gasteiger partial charge in [-0.25, -0.2) is 0 Å². The number of hydrogen-bond donors (Lipinski definition) is 2. The number of para-hydroxylation sites is 2. The van der Waals surface area contributed by atoms with Crippen molar-refractivity contribution in [3.05, 3.63) is 94.5 Å². The first-order valence-corrected chi connectivity index (χ1v) is 8.66. The van der Waals surface area contributed by atoms with Gasteiger partial charge in [0.15, 0.2) is 6.61 Å². The minimum Gasteiger partial charge on any atom is -0.483 e.